The standard InChI is InChI=1S/C18H16F3N3O3S/c1-12-10-14(5-7-17(12)27-2)28(25,26)23-15-11-13(18(19,20)21)4-6-16(15)24-9-3-8-22-24/h3-11,23H,1-2H3. The lowest BCUT2D eigenvalue weighted by Gasteiger charge is -2.16. The quantitative estimate of drug-likeness (QED) is 0.689. The van der Waals surface area contributed by atoms with E-state index in [0.29, 0.717) is 11.3 Å². The smallest absolute Gasteiger partial charge is 0.416 e. The molecule has 0 spiro atoms. The summed E-state index contributed by atoms with van der Waals surface area (Å²) in [5.41, 5.74) is -0.493. The molecule has 0 saturated heterocycles. The molecule has 1 N–H and O–H groups in total. The molecule has 0 bridgehead atoms. The van der Waals surface area contributed by atoms with Crippen LogP contribution in [0.5, 0.6) is 5.75 Å². The molecule has 1 aromatic heterocycles. The van der Waals surface area contributed by atoms with E-state index in [4.69, 9.17) is 4.74 Å². The van der Waals surface area contributed by atoms with E-state index >= 15 is 0 Å². The highest BCUT2D eigenvalue weighted by Gasteiger charge is 2.32. The predicted octanol–water partition coefficient (Wildman–Crippen LogP) is 4.01. The molecule has 0 aliphatic heterocycles. The number of aromatic nitrogens is 2. The molecule has 0 unspecified atom stereocenters. The van der Waals surface area contributed by atoms with Gasteiger partial charge in [-0.05, 0) is 55.0 Å². The molecule has 10 heteroatoms. The van der Waals surface area contributed by atoms with E-state index in [0.717, 1.165) is 18.2 Å². The molecule has 0 radical (unpaired) electrons. The van der Waals surface area contributed by atoms with Crippen LogP contribution in [0.3, 0.4) is 0 Å². The van der Waals surface area contributed by atoms with Crippen molar-refractivity contribution in [3.63, 3.8) is 0 Å². The molecule has 148 valence electrons. The Bertz CT molecular complexity index is 1100. The van der Waals surface area contributed by atoms with Gasteiger partial charge in [0.2, 0.25) is 0 Å². The number of hydrogen-bond acceptors (Lipinski definition) is 4. The summed E-state index contributed by atoms with van der Waals surface area (Å²) in [6.45, 7) is 1.66. The van der Waals surface area contributed by atoms with E-state index < -0.39 is 21.8 Å². The van der Waals surface area contributed by atoms with E-state index in [9.17, 15) is 21.6 Å². The summed E-state index contributed by atoms with van der Waals surface area (Å²) < 4.78 is 73.5. The van der Waals surface area contributed by atoms with Crippen LogP contribution < -0.4 is 9.46 Å². The minimum Gasteiger partial charge on any atom is -0.496 e. The highest BCUT2D eigenvalue weighted by molar-refractivity contribution is 7.92. The summed E-state index contributed by atoms with van der Waals surface area (Å²) in [6.07, 6.45) is -1.69. The second-order valence-corrected chi connectivity index (χ2v) is 7.60. The predicted molar refractivity (Wildman–Crippen MR) is 97.1 cm³/mol. The van der Waals surface area contributed by atoms with Crippen LogP contribution in [0.4, 0.5) is 18.9 Å². The number of hydrogen-bond donors (Lipinski definition) is 1. The topological polar surface area (TPSA) is 73.2 Å². The highest BCUT2D eigenvalue weighted by atomic mass is 32.2. The van der Waals surface area contributed by atoms with Crippen LogP contribution in [-0.4, -0.2) is 25.3 Å². The number of sulfonamides is 1. The highest BCUT2D eigenvalue weighted by Crippen LogP contribution is 2.34. The third-order valence-electron chi connectivity index (χ3n) is 4.00. The molecule has 3 rings (SSSR count). The Morgan fingerprint density at radius 3 is 2.46 bits per heavy atom. The molecule has 0 fully saturated rings. The van der Waals surface area contributed by atoms with E-state index in [-0.39, 0.29) is 16.3 Å². The zero-order valence-electron chi connectivity index (χ0n) is 14.9. The molecular weight excluding hydrogens is 395 g/mol. The first-order valence-corrected chi connectivity index (χ1v) is 9.49. The molecule has 2 aromatic carbocycles. The van der Waals surface area contributed by atoms with Crippen LogP contribution in [0.15, 0.2) is 59.8 Å². The Morgan fingerprint density at radius 1 is 1.14 bits per heavy atom. The fraction of sp³-hybridized carbons (Fsp3) is 0.167. The third-order valence-corrected chi connectivity index (χ3v) is 5.36. The zero-order valence-corrected chi connectivity index (χ0v) is 15.7. The molecule has 0 aliphatic carbocycles. The van der Waals surface area contributed by atoms with Crippen LogP contribution in [0.1, 0.15) is 11.1 Å². The second kappa shape index (κ2) is 7.19. The van der Waals surface area contributed by atoms with Gasteiger partial charge in [0.25, 0.3) is 10.0 Å². The molecule has 3 aromatic rings. The van der Waals surface area contributed by atoms with Gasteiger partial charge in [-0.3, -0.25) is 4.72 Å². The van der Waals surface area contributed by atoms with Crippen LogP contribution in [-0.2, 0) is 16.2 Å². The van der Waals surface area contributed by atoms with E-state index in [1.54, 1.807) is 13.0 Å². The van der Waals surface area contributed by atoms with E-state index in [1.807, 2.05) is 0 Å². The summed E-state index contributed by atoms with van der Waals surface area (Å²) in [5, 5.41) is 3.96. The number of halogens is 3. The van der Waals surface area contributed by atoms with Crippen molar-refractivity contribution in [2.45, 2.75) is 18.0 Å². The van der Waals surface area contributed by atoms with Gasteiger partial charge < -0.3 is 4.74 Å². The summed E-state index contributed by atoms with van der Waals surface area (Å²) in [4.78, 5) is -0.102. The molecule has 6 nitrogen and oxygen atoms in total. The van der Waals surface area contributed by atoms with Crippen LogP contribution in [0.25, 0.3) is 5.69 Å². The van der Waals surface area contributed by atoms with Crippen LogP contribution in [0.2, 0.25) is 0 Å². The second-order valence-electron chi connectivity index (χ2n) is 5.92. The largest absolute Gasteiger partial charge is 0.496 e. The van der Waals surface area contributed by atoms with Gasteiger partial charge in [0, 0.05) is 12.4 Å². The first-order valence-electron chi connectivity index (χ1n) is 8.00. The SMILES string of the molecule is COc1ccc(S(=O)(=O)Nc2cc(C(F)(F)F)ccc2-n2cccn2)cc1C. The van der Waals surface area contributed by atoms with Gasteiger partial charge in [-0.25, -0.2) is 13.1 Å². The maximum Gasteiger partial charge on any atom is 0.416 e. The summed E-state index contributed by atoms with van der Waals surface area (Å²) in [5.74, 6) is 0.496. The fourth-order valence-electron chi connectivity index (χ4n) is 2.63. The van der Waals surface area contributed by atoms with Crippen LogP contribution in [0, 0.1) is 6.92 Å². The number of nitrogens with zero attached hydrogens (tertiary/aromatic N) is 2. The Morgan fingerprint density at radius 2 is 1.89 bits per heavy atom. The minimum atomic E-state index is -4.63. The van der Waals surface area contributed by atoms with E-state index in [1.165, 1.54) is 42.4 Å². The summed E-state index contributed by atoms with van der Waals surface area (Å²) >= 11 is 0. The van der Waals surface area contributed by atoms with Gasteiger partial charge >= 0.3 is 6.18 Å². The first-order chi connectivity index (χ1) is 13.1. The van der Waals surface area contributed by atoms with Gasteiger partial charge in [-0.15, -0.1) is 0 Å². The van der Waals surface area contributed by atoms with Gasteiger partial charge in [0.1, 0.15) is 5.75 Å². The Labute approximate surface area is 159 Å². The van der Waals surface area contributed by atoms with Gasteiger partial charge in [0.15, 0.2) is 0 Å². The summed E-state index contributed by atoms with van der Waals surface area (Å²) in [7, 11) is -2.70. The number of methoxy groups -OCH3 is 1. The number of rotatable bonds is 5. The number of anilines is 1. The van der Waals surface area contributed by atoms with Crippen molar-refractivity contribution in [3.05, 3.63) is 66.0 Å². The number of benzene rings is 2. The van der Waals surface area contributed by atoms with Crippen molar-refractivity contribution < 1.29 is 26.3 Å². The number of alkyl halides is 3. The number of aryl methyl sites for hydroxylation is 1. The van der Waals surface area contributed by atoms with Crippen molar-refractivity contribution in [3.8, 4) is 11.4 Å². The lowest BCUT2D eigenvalue weighted by atomic mass is 10.1. The van der Waals surface area contributed by atoms with E-state index in [2.05, 4.69) is 9.82 Å². The molecule has 0 amide bonds. The van der Waals surface area contributed by atoms with Crippen molar-refractivity contribution in [1.29, 1.82) is 0 Å². The lowest BCUT2D eigenvalue weighted by molar-refractivity contribution is -0.137. The summed E-state index contributed by atoms with van der Waals surface area (Å²) in [6, 6.07) is 8.51. The van der Waals surface area contributed by atoms with Crippen molar-refractivity contribution in [1.82, 2.24) is 9.78 Å². The number of ether oxygens (including phenoxy) is 1. The monoisotopic (exact) mass is 411 g/mol. The molecule has 1 heterocycles. The van der Waals surface area contributed by atoms with Crippen LogP contribution >= 0.6 is 0 Å². The minimum absolute atomic E-state index is 0.102. The maximum absolute atomic E-state index is 13.1. The molecular formula is C18H16F3N3O3S. The first kappa shape index (κ1) is 19.7. The third kappa shape index (κ3) is 3.96. The average molecular weight is 411 g/mol. The Kier molecular flexibility index (Phi) is 5.07. The maximum atomic E-state index is 13.1. The van der Waals surface area contributed by atoms with Gasteiger partial charge in [-0.1, -0.05) is 0 Å². The normalized spacial score (nSPS) is 12.0. The van der Waals surface area contributed by atoms with Gasteiger partial charge in [0.05, 0.1) is 28.9 Å². The number of nitrogens with one attached hydrogen (secondary N) is 1. The van der Waals surface area contributed by atoms with Crippen molar-refractivity contribution >= 4 is 15.7 Å². The average Bonchev–Trinajstić information content (AvgIpc) is 3.15. The molecule has 0 atom stereocenters. The molecule has 0 aliphatic rings. The Balaban J connectivity index is 2.07. The molecule has 0 saturated carbocycles. The lowest BCUT2D eigenvalue weighted by Crippen LogP contribution is -2.16. The van der Waals surface area contributed by atoms with Crippen molar-refractivity contribution in [2.24, 2.45) is 0 Å². The molecule has 28 heavy (non-hydrogen) atoms. The van der Waals surface area contributed by atoms with Crippen molar-refractivity contribution in [2.75, 3.05) is 11.8 Å². The Hall–Kier alpha value is -3.01. The fourth-order valence-corrected chi connectivity index (χ4v) is 3.78. The zero-order chi connectivity index (χ0) is 20.5. The van der Waals surface area contributed by atoms with Gasteiger partial charge in [-0.2, -0.15) is 18.3 Å².